The zero-order valence-corrected chi connectivity index (χ0v) is 26.4. The minimum Gasteiger partial charge on any atom is -0.507 e. The largest absolute Gasteiger partial charge is 0.507 e. The second kappa shape index (κ2) is 12.9. The molecule has 2 unspecified atom stereocenters. The molecule has 6 rings (SSSR count). The number of benzene rings is 6. The van der Waals surface area contributed by atoms with Crippen LogP contribution in [0.3, 0.4) is 0 Å². The molecule has 0 radical (unpaired) electrons. The number of hydrogen-bond donors (Lipinski definition) is 3. The van der Waals surface area contributed by atoms with Crippen molar-refractivity contribution in [1.29, 1.82) is 0 Å². The number of phenols is 1. The Bertz CT molecular complexity index is 1810. The number of aromatic hydroxyl groups is 1. The van der Waals surface area contributed by atoms with Crippen molar-refractivity contribution in [2.45, 2.75) is 43.2 Å². The quantitative estimate of drug-likeness (QED) is 0.152. The summed E-state index contributed by atoms with van der Waals surface area (Å²) in [6, 6.07) is 52.4. The summed E-state index contributed by atoms with van der Waals surface area (Å²) >= 11 is 0. The third kappa shape index (κ3) is 6.22. The minimum absolute atomic E-state index is 0.379. The first-order valence-corrected chi connectivity index (χ1v) is 17.1. The smallest absolute Gasteiger partial charge is 0.121 e. The molecular formula is C39H36O2S2. The summed E-state index contributed by atoms with van der Waals surface area (Å²) in [6.45, 7) is 3.97. The lowest BCUT2D eigenvalue weighted by atomic mass is 10.1. The molecule has 43 heavy (non-hydrogen) atoms. The Labute approximate surface area is 260 Å². The predicted molar refractivity (Wildman–Crippen MR) is 183 cm³/mol. The van der Waals surface area contributed by atoms with Crippen LogP contribution in [-0.4, -0.2) is 12.2 Å². The zero-order valence-electron chi connectivity index (χ0n) is 24.6. The van der Waals surface area contributed by atoms with Crippen molar-refractivity contribution >= 4 is 21.8 Å². The molecule has 2 atom stereocenters. The van der Waals surface area contributed by atoms with E-state index in [4.69, 9.17) is 4.74 Å². The van der Waals surface area contributed by atoms with Crippen LogP contribution >= 0.6 is 21.8 Å². The summed E-state index contributed by atoms with van der Waals surface area (Å²) in [5.41, 5.74) is 4.23. The van der Waals surface area contributed by atoms with Gasteiger partial charge in [0.1, 0.15) is 11.5 Å². The van der Waals surface area contributed by atoms with Crippen molar-refractivity contribution in [2.75, 3.05) is 7.11 Å². The van der Waals surface area contributed by atoms with E-state index in [1.165, 1.54) is 40.5 Å². The van der Waals surface area contributed by atoms with Gasteiger partial charge in [-0.3, -0.25) is 0 Å². The highest BCUT2D eigenvalue weighted by Crippen LogP contribution is 2.54. The van der Waals surface area contributed by atoms with Crippen LogP contribution in [0.25, 0.3) is 11.1 Å². The van der Waals surface area contributed by atoms with Crippen molar-refractivity contribution in [3.05, 3.63) is 157 Å². The van der Waals surface area contributed by atoms with Gasteiger partial charge in [-0.15, -0.1) is 0 Å². The van der Waals surface area contributed by atoms with Gasteiger partial charge in [0, 0.05) is 0 Å². The Kier molecular flexibility index (Phi) is 8.59. The van der Waals surface area contributed by atoms with E-state index < -0.39 is 21.8 Å². The summed E-state index contributed by atoms with van der Waals surface area (Å²) in [4.78, 5) is 7.74. The molecular weight excluding hydrogens is 565 g/mol. The number of aryl methyl sites for hydroxylation is 2. The molecule has 0 heterocycles. The fourth-order valence-electron chi connectivity index (χ4n) is 5.49. The van der Waals surface area contributed by atoms with E-state index in [9.17, 15) is 5.11 Å². The molecule has 0 bridgehead atoms. The van der Waals surface area contributed by atoms with Crippen molar-refractivity contribution in [3.63, 3.8) is 0 Å². The topological polar surface area (TPSA) is 29.5 Å². The summed E-state index contributed by atoms with van der Waals surface area (Å²) in [5, 5.41) is 10.5. The Hall–Kier alpha value is -4.38. The maximum Gasteiger partial charge on any atom is 0.121 e. The van der Waals surface area contributed by atoms with Gasteiger partial charge in [-0.2, -0.15) is 21.8 Å². The molecule has 0 spiro atoms. The molecule has 6 aromatic rings. The van der Waals surface area contributed by atoms with Crippen molar-refractivity contribution in [3.8, 4) is 22.6 Å². The summed E-state index contributed by atoms with van der Waals surface area (Å²) < 4.78 is 5.45. The van der Waals surface area contributed by atoms with Crippen molar-refractivity contribution in [1.82, 2.24) is 0 Å². The molecule has 6 aromatic carbocycles. The average Bonchev–Trinajstić information content (AvgIpc) is 3.05. The van der Waals surface area contributed by atoms with Crippen LogP contribution in [0.2, 0.25) is 0 Å². The lowest BCUT2D eigenvalue weighted by Gasteiger charge is -2.26. The van der Waals surface area contributed by atoms with Crippen molar-refractivity contribution < 1.29 is 9.84 Å². The Morgan fingerprint density at radius 3 is 1.33 bits per heavy atom. The van der Waals surface area contributed by atoms with E-state index in [1.54, 1.807) is 7.11 Å². The third-order valence-corrected chi connectivity index (χ3v) is 12.4. The molecule has 4 heteroatoms. The summed E-state index contributed by atoms with van der Waals surface area (Å²) in [7, 11) is 0.147. The first-order valence-electron chi connectivity index (χ1n) is 14.4. The first kappa shape index (κ1) is 28.7. The molecule has 0 aliphatic heterocycles. The van der Waals surface area contributed by atoms with Crippen LogP contribution in [0.15, 0.2) is 175 Å². The van der Waals surface area contributed by atoms with Gasteiger partial charge in [-0.05, 0) is 150 Å². The van der Waals surface area contributed by atoms with Crippen LogP contribution in [0.1, 0.15) is 11.1 Å². The zero-order chi connectivity index (χ0) is 29.8. The average molecular weight is 601 g/mol. The highest BCUT2D eigenvalue weighted by Gasteiger charge is 2.17. The van der Waals surface area contributed by atoms with E-state index in [-0.39, 0.29) is 0 Å². The van der Waals surface area contributed by atoms with Gasteiger partial charge in [0.25, 0.3) is 0 Å². The van der Waals surface area contributed by atoms with E-state index >= 15 is 0 Å². The van der Waals surface area contributed by atoms with E-state index in [0.29, 0.717) is 5.75 Å². The van der Waals surface area contributed by atoms with Gasteiger partial charge in [0.15, 0.2) is 0 Å². The molecule has 0 saturated carbocycles. The number of methoxy groups -OCH3 is 1. The molecule has 0 saturated heterocycles. The van der Waals surface area contributed by atoms with Gasteiger partial charge in [-0.25, -0.2) is 0 Å². The van der Waals surface area contributed by atoms with Gasteiger partial charge in [0.2, 0.25) is 0 Å². The second-order valence-corrected chi connectivity index (χ2v) is 15.0. The Balaban J connectivity index is 1.44. The minimum atomic E-state index is -0.814. The number of hydrogen-bond acceptors (Lipinski definition) is 2. The van der Waals surface area contributed by atoms with Gasteiger partial charge < -0.3 is 9.84 Å². The van der Waals surface area contributed by atoms with E-state index in [1.807, 2.05) is 13.8 Å². The fraction of sp³-hybridized carbons (Fsp3) is 0.0769. The normalized spacial score (nSPS) is 13.3. The number of phenolic OH excluding ortho intramolecular Hbond substituents is 1. The van der Waals surface area contributed by atoms with Gasteiger partial charge in [-0.1, -0.05) is 60.7 Å². The SMILES string of the molecule is COc1ccc([SH](c2ccccc2)c2cccc(-c3cccc([SH](c4ccccc4)c4cc(C)c(O)c(C)c4)c3)c2)cc1. The molecule has 0 fully saturated rings. The molecule has 216 valence electrons. The summed E-state index contributed by atoms with van der Waals surface area (Å²) in [5.74, 6) is 1.25. The lowest BCUT2D eigenvalue weighted by molar-refractivity contribution is 0.414. The van der Waals surface area contributed by atoms with Crippen LogP contribution in [0, 0.1) is 13.8 Å². The molecule has 2 nitrogen and oxygen atoms in total. The molecule has 0 aromatic heterocycles. The third-order valence-electron chi connectivity index (χ3n) is 7.64. The van der Waals surface area contributed by atoms with Gasteiger partial charge in [0.05, 0.1) is 7.11 Å². The highest BCUT2D eigenvalue weighted by atomic mass is 32.2. The second-order valence-electron chi connectivity index (χ2n) is 10.6. The number of ether oxygens (including phenoxy) is 1. The first-order chi connectivity index (χ1) is 21.0. The fourth-order valence-corrected chi connectivity index (χ4v) is 10.3. The molecule has 1 N–H and O–H groups in total. The highest BCUT2D eigenvalue weighted by molar-refractivity contribution is 8.17. The Morgan fingerprint density at radius 1 is 0.442 bits per heavy atom. The molecule has 0 aliphatic rings. The van der Waals surface area contributed by atoms with Crippen LogP contribution in [0.4, 0.5) is 0 Å². The molecule has 0 aliphatic carbocycles. The predicted octanol–water partition coefficient (Wildman–Crippen LogP) is 10.6. The van der Waals surface area contributed by atoms with Crippen LogP contribution in [-0.2, 0) is 0 Å². The van der Waals surface area contributed by atoms with Gasteiger partial charge >= 0.3 is 0 Å². The number of thiol groups is 2. The lowest BCUT2D eigenvalue weighted by Crippen LogP contribution is -1.92. The van der Waals surface area contributed by atoms with Crippen molar-refractivity contribution in [2.24, 2.45) is 0 Å². The van der Waals surface area contributed by atoms with E-state index in [2.05, 4.69) is 146 Å². The summed E-state index contributed by atoms with van der Waals surface area (Å²) in [6.07, 6.45) is 0. The van der Waals surface area contributed by atoms with E-state index in [0.717, 1.165) is 16.9 Å². The maximum absolute atomic E-state index is 10.5. The Morgan fingerprint density at radius 2 is 0.860 bits per heavy atom. The maximum atomic E-state index is 10.5. The van der Waals surface area contributed by atoms with Crippen LogP contribution < -0.4 is 4.74 Å². The standard InChI is InChI=1S/C39H36O2S2/c1-28-24-38(25-29(2)39(28)40)43(34-16-8-5-9-17-34)37-19-11-13-31(27-37)30-12-10-18-36(26-30)42(33-14-6-4-7-15-33)35-22-20-32(41-3)21-23-35/h4-27,40,42-43H,1-3H3. The number of rotatable bonds is 8. The molecule has 0 amide bonds. The monoisotopic (exact) mass is 600 g/mol. The van der Waals surface area contributed by atoms with Crippen LogP contribution in [0.5, 0.6) is 11.5 Å².